The van der Waals surface area contributed by atoms with Crippen LogP contribution in [0.3, 0.4) is 0 Å². The smallest absolute Gasteiger partial charge is 0.356 e. The lowest BCUT2D eigenvalue weighted by Gasteiger charge is -2.14. The summed E-state index contributed by atoms with van der Waals surface area (Å²) in [6.45, 7) is 2.28. The van der Waals surface area contributed by atoms with Gasteiger partial charge in [0.15, 0.2) is 17.1 Å². The lowest BCUT2D eigenvalue weighted by atomic mass is 10.0. The van der Waals surface area contributed by atoms with Crippen LogP contribution < -0.4 is 56.7 Å². The summed E-state index contributed by atoms with van der Waals surface area (Å²) in [5, 5.41) is 35.4. The lowest BCUT2D eigenvalue weighted by Crippen LogP contribution is -2.11. The van der Waals surface area contributed by atoms with Gasteiger partial charge in [-0.3, -0.25) is 28.4 Å². The number of nitrogens with two attached hydrogens (primary N) is 2. The molecule has 27 nitrogen and oxygen atoms in total. The molecule has 2 amide bonds. The molecule has 498 valence electrons. The summed E-state index contributed by atoms with van der Waals surface area (Å²) < 4.78 is 75.4. The van der Waals surface area contributed by atoms with Gasteiger partial charge in [0.2, 0.25) is 17.3 Å². The molecule has 3 aliphatic heterocycles. The van der Waals surface area contributed by atoms with Crippen LogP contribution in [-0.2, 0) is 60.0 Å². The molecule has 0 spiro atoms. The van der Waals surface area contributed by atoms with Gasteiger partial charge in [0.25, 0.3) is 11.8 Å². The van der Waals surface area contributed by atoms with Crippen molar-refractivity contribution in [3.8, 4) is 62.8 Å². The van der Waals surface area contributed by atoms with Crippen LogP contribution in [0.25, 0.3) is 66.1 Å². The maximum Gasteiger partial charge on any atom is 0.356 e. The van der Waals surface area contributed by atoms with E-state index in [1.54, 1.807) is 105 Å². The quantitative estimate of drug-likeness (QED) is 0.0450. The van der Waals surface area contributed by atoms with Crippen molar-refractivity contribution >= 4 is 67.6 Å². The molecule has 0 radical (unpaired) electrons. The minimum atomic E-state index is -1.12. The van der Waals surface area contributed by atoms with Gasteiger partial charge >= 0.3 is 5.97 Å². The van der Waals surface area contributed by atoms with Gasteiger partial charge in [-0.05, 0) is 54.6 Å². The first-order valence-corrected chi connectivity index (χ1v) is 30.5. The average molecular weight is 1330 g/mol. The third-order valence-corrected chi connectivity index (χ3v) is 17.0. The number of rotatable bonds is 17. The second kappa shape index (κ2) is 26.6. The molecule has 0 saturated carbocycles. The van der Waals surface area contributed by atoms with Gasteiger partial charge in [0.1, 0.15) is 52.2 Å². The highest BCUT2D eigenvalue weighted by Crippen LogP contribution is 2.39. The maximum atomic E-state index is 14.6. The van der Waals surface area contributed by atoms with E-state index in [4.69, 9.17) is 35.2 Å². The van der Waals surface area contributed by atoms with Crippen molar-refractivity contribution in [2.45, 2.75) is 38.9 Å². The zero-order valence-corrected chi connectivity index (χ0v) is 53.1. The average Bonchev–Trinajstić information content (AvgIpc) is 1.37. The fraction of sp³-hybridized carbons (Fsp3) is 0.206. The zero-order chi connectivity index (χ0) is 68.6. The van der Waals surface area contributed by atoms with E-state index in [2.05, 4.69) is 61.2 Å². The normalized spacial score (nSPS) is 12.5. The SMILES string of the molecule is COc1cc2c(-c3cc(C(=O)O)nn3C)cnc(NCc3c(F)ccc4c3CCO4)c2cn1.COc1cc2c(-c3cc(C(N)=O)nn3C)cnc(NCc3c(F)ccc4c3CCO4)c2cn1.Cn1nc(C(N)=O)cc1-c1cnc(NCc2c(F)ccc3c2CCO3)c2c[nH]c(=O)cc12. The third kappa shape index (κ3) is 12.4. The number of aryl methyl sites for hydroxylation is 3. The molecule has 30 heteroatoms. The first-order chi connectivity index (χ1) is 47.3. The van der Waals surface area contributed by atoms with Crippen LogP contribution >= 0.6 is 0 Å². The van der Waals surface area contributed by atoms with E-state index >= 15 is 0 Å². The number of nitrogens with zero attached hydrogens (tertiary/aromatic N) is 11. The minimum absolute atomic E-state index is 0.0699. The fourth-order valence-corrected chi connectivity index (χ4v) is 12.2. The number of aromatic amines is 1. The lowest BCUT2D eigenvalue weighted by molar-refractivity contribution is 0.0689. The highest BCUT2D eigenvalue weighted by atomic mass is 19.1. The summed E-state index contributed by atoms with van der Waals surface area (Å²) in [4.78, 5) is 71.4. The predicted octanol–water partition coefficient (Wildman–Crippen LogP) is 8.36. The number of primary amides is 2. The minimum Gasteiger partial charge on any atom is -0.493 e. The second-order valence-corrected chi connectivity index (χ2v) is 22.7. The Hall–Kier alpha value is -12.6. The number of H-pyrrole nitrogens is 1. The number of aromatic nitrogens is 12. The van der Waals surface area contributed by atoms with Crippen LogP contribution in [-0.4, -0.2) is 116 Å². The number of pyridine rings is 6. The number of ether oxygens (including phenoxy) is 5. The number of hydrogen-bond donors (Lipinski definition) is 7. The van der Waals surface area contributed by atoms with Crippen molar-refractivity contribution in [2.75, 3.05) is 50.0 Å². The Kier molecular flexibility index (Phi) is 17.4. The molecule has 3 aliphatic rings. The van der Waals surface area contributed by atoms with Crippen LogP contribution in [0.5, 0.6) is 29.0 Å². The summed E-state index contributed by atoms with van der Waals surface area (Å²) in [5.41, 5.74) is 18.7. The van der Waals surface area contributed by atoms with Crippen molar-refractivity contribution in [2.24, 2.45) is 32.6 Å². The third-order valence-electron chi connectivity index (χ3n) is 17.0. The Morgan fingerprint density at radius 1 is 0.510 bits per heavy atom. The second-order valence-electron chi connectivity index (χ2n) is 22.7. The number of carbonyl (C=O) groups excluding carboxylic acids is 2. The Labute approximate surface area is 553 Å². The monoisotopic (exact) mass is 1330 g/mol. The molecular weight excluding hydrogens is 1270 g/mol. The molecule has 0 unspecified atom stereocenters. The number of fused-ring (bicyclic) bond motifs is 6. The number of methoxy groups -OCH3 is 2. The molecule has 98 heavy (non-hydrogen) atoms. The van der Waals surface area contributed by atoms with E-state index in [0.717, 1.165) is 33.0 Å². The number of halogens is 3. The molecule has 0 fully saturated rings. The number of carboxylic acids is 1. The largest absolute Gasteiger partial charge is 0.493 e. The number of hydrogen-bond acceptors (Lipinski definition) is 20. The predicted molar refractivity (Wildman–Crippen MR) is 354 cm³/mol. The topological polar surface area (TPSA) is 356 Å². The molecular formula is C68H60F3N17O10. The van der Waals surface area contributed by atoms with Crippen LogP contribution in [0.1, 0.15) is 64.8 Å². The molecule has 15 rings (SSSR count). The van der Waals surface area contributed by atoms with Gasteiger partial charge in [-0.15, -0.1) is 0 Å². The zero-order valence-electron chi connectivity index (χ0n) is 53.1. The van der Waals surface area contributed by atoms with Gasteiger partial charge in [0, 0.05) is 198 Å². The van der Waals surface area contributed by atoms with Gasteiger partial charge in [-0.25, -0.2) is 42.9 Å². The van der Waals surface area contributed by atoms with Crippen molar-refractivity contribution in [3.05, 3.63) is 188 Å². The van der Waals surface area contributed by atoms with E-state index in [1.807, 2.05) is 0 Å². The van der Waals surface area contributed by atoms with E-state index in [9.17, 15) is 37.5 Å². The number of nitrogens with one attached hydrogen (secondary N) is 4. The highest BCUT2D eigenvalue weighted by molar-refractivity contribution is 6.04. The summed E-state index contributed by atoms with van der Waals surface area (Å²) in [7, 11) is 8.11. The van der Waals surface area contributed by atoms with Crippen LogP contribution in [0.15, 0.2) is 115 Å². The van der Waals surface area contributed by atoms with E-state index in [-0.39, 0.29) is 59.7 Å². The number of aromatic carboxylic acids is 1. The summed E-state index contributed by atoms with van der Waals surface area (Å²) >= 11 is 0. The molecule has 9 aromatic heterocycles. The number of carboxylic acid groups (broad SMARTS) is 1. The van der Waals surface area contributed by atoms with Crippen molar-refractivity contribution in [1.82, 2.24) is 59.2 Å². The Morgan fingerprint density at radius 3 is 1.21 bits per heavy atom. The first kappa shape index (κ1) is 64.1. The van der Waals surface area contributed by atoms with Gasteiger partial charge in [-0.2, -0.15) is 15.3 Å². The molecule has 0 bridgehead atoms. The first-order valence-electron chi connectivity index (χ1n) is 30.5. The fourth-order valence-electron chi connectivity index (χ4n) is 12.2. The molecule has 12 heterocycles. The van der Waals surface area contributed by atoms with Gasteiger partial charge in [-0.1, -0.05) is 0 Å². The Balaban J connectivity index is 0.000000132. The van der Waals surface area contributed by atoms with Crippen molar-refractivity contribution in [3.63, 3.8) is 0 Å². The van der Waals surface area contributed by atoms with E-state index in [0.29, 0.717) is 152 Å². The number of anilines is 3. The summed E-state index contributed by atoms with van der Waals surface area (Å²) in [6.07, 6.45) is 11.7. The number of amides is 2. The Morgan fingerprint density at radius 2 is 0.867 bits per heavy atom. The van der Waals surface area contributed by atoms with Crippen LogP contribution in [0.4, 0.5) is 30.6 Å². The van der Waals surface area contributed by atoms with Crippen LogP contribution in [0, 0.1) is 17.5 Å². The molecule has 0 atom stereocenters. The Bertz CT molecular complexity index is 5050. The van der Waals surface area contributed by atoms with E-state index in [1.165, 1.54) is 53.9 Å². The number of carbonyl (C=O) groups is 3. The van der Waals surface area contributed by atoms with Crippen LogP contribution in [0.2, 0.25) is 0 Å². The molecule has 3 aromatic carbocycles. The molecule has 0 saturated heterocycles. The standard InChI is InChI=1S/C23H21FN6O3.C23H20FN5O4.C22H19FN6O3/c1-30-19(8-18(29-30)22(25)31)15-10-28-23(16-11-26-21(32-2)7-13(15)16)27-9-14-12-5-6-33-20(12)4-3-17(14)24;1-29-19(8-18(28-29)23(30)31)15-10-27-22(16-11-25-21(32-2)7-13(15)16)26-9-14-12-5-6-33-20(12)4-3-17(14)24;1-29-18(7-17(28-29)21(24)31)14-9-27-22(15-10-25-20(30)6-12(14)15)26-8-13-11-4-5-32-19(11)3-2-16(13)23/h3-4,7-8,10-11H,5-6,9H2,1-2H3,(H2,25,31)(H,27,28);3-4,7-8,10-11H,5-6,9H2,1-2H3,(H,26,27)(H,30,31);2-3,6-7,9-10H,4-5,8H2,1H3,(H2,24,31)(H,25,30)(H,26,27). The van der Waals surface area contributed by atoms with Gasteiger partial charge < -0.3 is 61.2 Å². The molecule has 9 N–H and O–H groups in total. The molecule has 12 aromatic rings. The van der Waals surface area contributed by atoms with E-state index < -0.39 is 17.8 Å². The summed E-state index contributed by atoms with van der Waals surface area (Å²) in [5.74, 6) is 1.17. The van der Waals surface area contributed by atoms with Crippen molar-refractivity contribution < 1.29 is 56.3 Å². The van der Waals surface area contributed by atoms with Crippen molar-refractivity contribution in [1.29, 1.82) is 0 Å². The maximum absolute atomic E-state index is 14.6. The van der Waals surface area contributed by atoms with Gasteiger partial charge in [0.05, 0.1) is 51.1 Å². The summed E-state index contributed by atoms with van der Waals surface area (Å²) in [6, 6.07) is 18.8. The number of benzene rings is 3. The molecule has 0 aliphatic carbocycles. The highest BCUT2D eigenvalue weighted by Gasteiger charge is 2.26.